The average Bonchev–Trinajstić information content (AvgIpc) is 2.36. The van der Waals surface area contributed by atoms with Gasteiger partial charge in [-0.15, -0.1) is 0 Å². The Morgan fingerprint density at radius 2 is 1.81 bits per heavy atom. The van der Waals surface area contributed by atoms with Crippen molar-refractivity contribution in [3.05, 3.63) is 29.8 Å². The molecule has 1 unspecified atom stereocenters. The van der Waals surface area contributed by atoms with Gasteiger partial charge in [-0.25, -0.2) is 10.2 Å². The Morgan fingerprint density at radius 1 is 1.24 bits per heavy atom. The Labute approximate surface area is 123 Å². The van der Waals surface area contributed by atoms with E-state index in [1.54, 1.807) is 32.9 Å². The molecule has 0 aliphatic carbocycles. The Hall–Kier alpha value is -2.28. The van der Waals surface area contributed by atoms with Gasteiger partial charge in [0, 0.05) is 0 Å². The Kier molecular flexibility index (Phi) is 5.54. The molecule has 0 spiro atoms. The highest BCUT2D eigenvalue weighted by Gasteiger charge is 2.18. The zero-order chi connectivity index (χ0) is 16.0. The molecule has 21 heavy (non-hydrogen) atoms. The van der Waals surface area contributed by atoms with Gasteiger partial charge in [0.15, 0.2) is 0 Å². The molecule has 0 saturated carbocycles. The fraction of sp³-hybridized carbons (Fsp3) is 0.429. The van der Waals surface area contributed by atoms with Gasteiger partial charge in [-0.1, -0.05) is 12.1 Å². The minimum absolute atomic E-state index is 0.142. The first-order chi connectivity index (χ1) is 9.67. The number of aromatic hydroxyl groups is 1. The lowest BCUT2D eigenvalue weighted by Crippen LogP contribution is -2.51. The van der Waals surface area contributed by atoms with Crippen LogP contribution in [0.5, 0.6) is 5.75 Å². The predicted octanol–water partition coefficient (Wildman–Crippen LogP) is 0.818. The third kappa shape index (κ3) is 6.62. The van der Waals surface area contributed by atoms with Crippen LogP contribution in [0.2, 0.25) is 0 Å². The van der Waals surface area contributed by atoms with E-state index in [-0.39, 0.29) is 12.2 Å². The maximum Gasteiger partial charge on any atom is 0.426 e. The van der Waals surface area contributed by atoms with Crippen molar-refractivity contribution in [2.45, 2.75) is 38.8 Å². The highest BCUT2D eigenvalue weighted by molar-refractivity contribution is 5.83. The zero-order valence-electron chi connectivity index (χ0n) is 12.3. The van der Waals surface area contributed by atoms with E-state index in [9.17, 15) is 9.59 Å². The van der Waals surface area contributed by atoms with Crippen LogP contribution in [0.1, 0.15) is 26.3 Å². The molecule has 1 rings (SSSR count). The molecule has 0 aliphatic rings. The Morgan fingerprint density at radius 3 is 2.33 bits per heavy atom. The number of carbonyl (C=O) groups is 2. The number of rotatable bonds is 3. The normalized spacial score (nSPS) is 12.4. The Balaban J connectivity index is 2.41. The zero-order valence-corrected chi connectivity index (χ0v) is 12.3. The van der Waals surface area contributed by atoms with Gasteiger partial charge >= 0.3 is 6.09 Å². The number of phenols is 1. The summed E-state index contributed by atoms with van der Waals surface area (Å²) >= 11 is 0. The second-order valence-electron chi connectivity index (χ2n) is 5.59. The maximum atomic E-state index is 11.7. The molecule has 0 bridgehead atoms. The van der Waals surface area contributed by atoms with Crippen molar-refractivity contribution in [2.24, 2.45) is 5.73 Å². The molecule has 5 N–H and O–H groups in total. The van der Waals surface area contributed by atoms with Crippen molar-refractivity contribution in [2.75, 3.05) is 0 Å². The van der Waals surface area contributed by atoms with Gasteiger partial charge in [0.25, 0.3) is 5.91 Å². The minimum Gasteiger partial charge on any atom is -0.508 e. The fourth-order valence-corrected chi connectivity index (χ4v) is 1.49. The highest BCUT2D eigenvalue weighted by atomic mass is 16.6. The molecule has 0 heterocycles. The summed E-state index contributed by atoms with van der Waals surface area (Å²) in [4.78, 5) is 23.1. The van der Waals surface area contributed by atoms with Crippen LogP contribution in [0.3, 0.4) is 0 Å². The number of benzene rings is 1. The van der Waals surface area contributed by atoms with Gasteiger partial charge in [0.05, 0.1) is 6.04 Å². The van der Waals surface area contributed by atoms with E-state index in [1.807, 2.05) is 0 Å². The quantitative estimate of drug-likeness (QED) is 0.616. The van der Waals surface area contributed by atoms with Crippen molar-refractivity contribution in [1.82, 2.24) is 10.9 Å². The molecule has 0 saturated heterocycles. The van der Waals surface area contributed by atoms with E-state index in [2.05, 4.69) is 10.9 Å². The summed E-state index contributed by atoms with van der Waals surface area (Å²) in [6, 6.07) is 5.54. The van der Waals surface area contributed by atoms with Gasteiger partial charge in [-0.05, 0) is 44.9 Å². The lowest BCUT2D eigenvalue weighted by Gasteiger charge is -2.20. The highest BCUT2D eigenvalue weighted by Crippen LogP contribution is 2.10. The average molecular weight is 295 g/mol. The molecule has 1 aromatic carbocycles. The van der Waals surface area contributed by atoms with Crippen LogP contribution in [0.15, 0.2) is 24.3 Å². The first-order valence-electron chi connectivity index (χ1n) is 6.50. The molecule has 1 atom stereocenters. The van der Waals surface area contributed by atoms with Crippen molar-refractivity contribution in [3.8, 4) is 5.75 Å². The number of ether oxygens (including phenoxy) is 1. The molecule has 1 aromatic rings. The van der Waals surface area contributed by atoms with Gasteiger partial charge in [-0.2, -0.15) is 0 Å². The minimum atomic E-state index is -0.829. The van der Waals surface area contributed by atoms with E-state index < -0.39 is 23.6 Å². The third-order valence-corrected chi connectivity index (χ3v) is 2.42. The number of amides is 2. The lowest BCUT2D eigenvalue weighted by atomic mass is 10.1. The summed E-state index contributed by atoms with van der Waals surface area (Å²) in [5.41, 5.74) is 10.2. The fourth-order valence-electron chi connectivity index (χ4n) is 1.49. The molecule has 2 amide bonds. The van der Waals surface area contributed by atoms with Crippen LogP contribution in [-0.2, 0) is 16.0 Å². The van der Waals surface area contributed by atoms with Crippen molar-refractivity contribution < 1.29 is 19.4 Å². The topological polar surface area (TPSA) is 114 Å². The van der Waals surface area contributed by atoms with E-state index >= 15 is 0 Å². The van der Waals surface area contributed by atoms with Crippen molar-refractivity contribution in [3.63, 3.8) is 0 Å². The first kappa shape index (κ1) is 16.8. The van der Waals surface area contributed by atoms with E-state index in [1.165, 1.54) is 12.1 Å². The molecular formula is C14H21N3O4. The number of hydrazine groups is 1. The van der Waals surface area contributed by atoms with Gasteiger partial charge in [0.1, 0.15) is 11.4 Å². The van der Waals surface area contributed by atoms with Crippen LogP contribution in [0, 0.1) is 0 Å². The van der Waals surface area contributed by atoms with Crippen LogP contribution in [0.4, 0.5) is 4.79 Å². The molecule has 0 aliphatic heterocycles. The molecule has 0 fully saturated rings. The first-order valence-corrected chi connectivity index (χ1v) is 6.50. The van der Waals surface area contributed by atoms with Crippen LogP contribution < -0.4 is 16.6 Å². The lowest BCUT2D eigenvalue weighted by molar-refractivity contribution is -0.123. The number of carbonyl (C=O) groups excluding carboxylic acids is 2. The molecule has 7 nitrogen and oxygen atoms in total. The number of hydrogen-bond donors (Lipinski definition) is 4. The molecule has 0 radical (unpaired) electrons. The number of phenolic OH excluding ortho intramolecular Hbond substituents is 1. The molecular weight excluding hydrogens is 274 g/mol. The number of nitrogens with two attached hydrogens (primary N) is 1. The molecule has 0 aromatic heterocycles. The van der Waals surface area contributed by atoms with Gasteiger partial charge in [-0.3, -0.25) is 10.2 Å². The van der Waals surface area contributed by atoms with Crippen molar-refractivity contribution >= 4 is 12.0 Å². The van der Waals surface area contributed by atoms with E-state index in [0.717, 1.165) is 5.56 Å². The standard InChI is InChI=1S/C14H21N3O4/c1-14(2,3)21-13(20)17-16-12(19)11(15)8-9-4-6-10(18)7-5-9/h4-7,11,18H,8,15H2,1-3H3,(H,16,19)(H,17,20). The second kappa shape index (κ2) is 6.94. The second-order valence-corrected chi connectivity index (χ2v) is 5.59. The van der Waals surface area contributed by atoms with Gasteiger partial charge in [0.2, 0.25) is 0 Å². The third-order valence-electron chi connectivity index (χ3n) is 2.42. The number of nitrogens with one attached hydrogen (secondary N) is 2. The SMILES string of the molecule is CC(C)(C)OC(=O)NNC(=O)C(N)Cc1ccc(O)cc1. The van der Waals surface area contributed by atoms with Crippen LogP contribution in [0.25, 0.3) is 0 Å². The summed E-state index contributed by atoms with van der Waals surface area (Å²) in [7, 11) is 0. The summed E-state index contributed by atoms with van der Waals surface area (Å²) in [6.45, 7) is 5.14. The van der Waals surface area contributed by atoms with Gasteiger partial charge < -0.3 is 15.6 Å². The maximum absolute atomic E-state index is 11.7. The smallest absolute Gasteiger partial charge is 0.426 e. The van der Waals surface area contributed by atoms with E-state index in [4.69, 9.17) is 15.6 Å². The summed E-state index contributed by atoms with van der Waals surface area (Å²) < 4.78 is 4.97. The number of hydrogen-bond acceptors (Lipinski definition) is 5. The van der Waals surface area contributed by atoms with E-state index in [0.29, 0.717) is 0 Å². The Bertz CT molecular complexity index is 494. The summed E-state index contributed by atoms with van der Waals surface area (Å²) in [6.07, 6.45) is -0.477. The predicted molar refractivity (Wildman–Crippen MR) is 77.3 cm³/mol. The van der Waals surface area contributed by atoms with Crippen molar-refractivity contribution in [1.29, 1.82) is 0 Å². The van der Waals surface area contributed by atoms with Crippen LogP contribution >= 0.6 is 0 Å². The molecule has 7 heteroatoms. The van der Waals surface area contributed by atoms with Crippen LogP contribution in [-0.4, -0.2) is 28.7 Å². The monoisotopic (exact) mass is 295 g/mol. The largest absolute Gasteiger partial charge is 0.508 e. The summed E-state index contributed by atoms with van der Waals surface area (Å²) in [5, 5.41) is 9.17. The summed E-state index contributed by atoms with van der Waals surface area (Å²) in [5.74, 6) is -0.391. The molecule has 116 valence electrons.